The van der Waals surface area contributed by atoms with Gasteiger partial charge in [-0.1, -0.05) is 89.5 Å². The Morgan fingerprint density at radius 3 is 2.39 bits per heavy atom. The van der Waals surface area contributed by atoms with E-state index in [-0.39, 0.29) is 17.8 Å². The zero-order valence-electron chi connectivity index (χ0n) is 20.3. The minimum absolute atomic E-state index is 0.0869. The highest BCUT2D eigenvalue weighted by atomic mass is 16.6. The third-order valence-corrected chi connectivity index (χ3v) is 9.03. The molecule has 5 rings (SSSR count). The molecule has 1 saturated carbocycles. The smallest absolute Gasteiger partial charge is 0.0940 e. The second-order valence-electron chi connectivity index (χ2n) is 10.8. The molecule has 4 atom stereocenters. The van der Waals surface area contributed by atoms with Crippen molar-refractivity contribution in [2.45, 2.75) is 134 Å². The second kappa shape index (κ2) is 10.8. The normalized spacial score (nSPS) is 35.3. The van der Waals surface area contributed by atoms with E-state index in [1.54, 1.807) is 0 Å². The van der Waals surface area contributed by atoms with Crippen LogP contribution in [0.1, 0.15) is 127 Å². The van der Waals surface area contributed by atoms with Crippen LogP contribution in [0.5, 0.6) is 0 Å². The molecule has 0 spiro atoms. The quantitative estimate of drug-likeness (QED) is 0.482. The van der Waals surface area contributed by atoms with Crippen molar-refractivity contribution in [3.8, 4) is 0 Å². The first kappa shape index (κ1) is 23.3. The Hall–Kier alpha value is -0.860. The Bertz CT molecular complexity index is 685. The Kier molecular flexibility index (Phi) is 8.15. The molecule has 2 nitrogen and oxygen atoms in total. The number of hydrogen-bond donors (Lipinski definition) is 0. The van der Waals surface area contributed by atoms with Crippen LogP contribution in [0.3, 0.4) is 0 Å². The summed E-state index contributed by atoms with van der Waals surface area (Å²) in [5.41, 5.74) is 3.29. The van der Waals surface area contributed by atoms with Crippen molar-refractivity contribution < 1.29 is 9.47 Å². The van der Waals surface area contributed by atoms with Gasteiger partial charge in [-0.05, 0) is 67.9 Å². The van der Waals surface area contributed by atoms with Crippen LogP contribution < -0.4 is 0 Å². The van der Waals surface area contributed by atoms with E-state index in [4.69, 9.17) is 9.47 Å². The van der Waals surface area contributed by atoms with E-state index < -0.39 is 0 Å². The van der Waals surface area contributed by atoms with Gasteiger partial charge in [0.2, 0.25) is 0 Å². The van der Waals surface area contributed by atoms with Gasteiger partial charge in [-0.2, -0.15) is 0 Å². The maximum absolute atomic E-state index is 7.09. The van der Waals surface area contributed by atoms with Gasteiger partial charge in [0.1, 0.15) is 0 Å². The van der Waals surface area contributed by atoms with Crippen molar-refractivity contribution in [2.24, 2.45) is 5.41 Å². The fraction of sp³-hybridized carbons (Fsp3) is 0.793. The maximum atomic E-state index is 7.09. The van der Waals surface area contributed by atoms with Crippen LogP contribution in [0, 0.1) is 5.41 Å². The van der Waals surface area contributed by atoms with Gasteiger partial charge >= 0.3 is 0 Å². The van der Waals surface area contributed by atoms with Gasteiger partial charge in [0, 0.05) is 6.61 Å². The standard InChI is InChI=1S/C29H46O2/c1-3-28-19-13-9-7-5-6-8-10-14-22-30-29(4-2,21-20-28)27(23-28)31-26-18-17-24-15-11-12-16-25(24)26/h11-12,15-16,26-27H,3-10,13-14,17-23H2,1-2H3. The molecule has 0 amide bonds. The number of benzene rings is 1. The van der Waals surface area contributed by atoms with E-state index in [0.29, 0.717) is 5.41 Å². The van der Waals surface area contributed by atoms with E-state index in [9.17, 15) is 0 Å². The Morgan fingerprint density at radius 1 is 0.871 bits per heavy atom. The van der Waals surface area contributed by atoms with Crippen LogP contribution in [0.2, 0.25) is 0 Å². The van der Waals surface area contributed by atoms with Gasteiger partial charge in [0.15, 0.2) is 0 Å². The van der Waals surface area contributed by atoms with Crippen LogP contribution >= 0.6 is 0 Å². The number of rotatable bonds is 4. The summed E-state index contributed by atoms with van der Waals surface area (Å²) in [6.07, 6.45) is 21.2. The van der Waals surface area contributed by atoms with Gasteiger partial charge < -0.3 is 9.47 Å². The Labute approximate surface area is 191 Å². The summed E-state index contributed by atoms with van der Waals surface area (Å²) in [7, 11) is 0. The minimum atomic E-state index is -0.0869. The molecule has 0 aromatic heterocycles. The van der Waals surface area contributed by atoms with Crippen molar-refractivity contribution in [1.82, 2.24) is 0 Å². The average molecular weight is 427 g/mol. The van der Waals surface area contributed by atoms with E-state index in [1.165, 1.54) is 94.6 Å². The predicted octanol–water partition coefficient (Wildman–Crippen LogP) is 8.33. The lowest BCUT2D eigenvalue weighted by Gasteiger charge is -2.51. The van der Waals surface area contributed by atoms with E-state index in [1.807, 2.05) is 0 Å². The second-order valence-corrected chi connectivity index (χ2v) is 10.8. The van der Waals surface area contributed by atoms with Gasteiger partial charge in [0.05, 0.1) is 17.8 Å². The molecule has 3 fully saturated rings. The molecular formula is C29H46O2. The molecule has 174 valence electrons. The first-order valence-electron chi connectivity index (χ1n) is 13.6. The predicted molar refractivity (Wildman–Crippen MR) is 129 cm³/mol. The summed E-state index contributed by atoms with van der Waals surface area (Å²) in [6.45, 7) is 5.68. The van der Waals surface area contributed by atoms with E-state index >= 15 is 0 Å². The van der Waals surface area contributed by atoms with Crippen LogP contribution in [0.4, 0.5) is 0 Å². The summed E-state index contributed by atoms with van der Waals surface area (Å²) >= 11 is 0. The van der Waals surface area contributed by atoms with Crippen molar-refractivity contribution in [3.05, 3.63) is 35.4 Å². The first-order chi connectivity index (χ1) is 15.2. The van der Waals surface area contributed by atoms with Crippen molar-refractivity contribution in [2.75, 3.05) is 6.61 Å². The summed E-state index contributed by atoms with van der Waals surface area (Å²) in [5, 5.41) is 0. The lowest BCUT2D eigenvalue weighted by atomic mass is 9.63. The largest absolute Gasteiger partial charge is 0.372 e. The number of fused-ring (bicyclic) bond motifs is 13. The summed E-state index contributed by atoms with van der Waals surface area (Å²) in [4.78, 5) is 0. The molecule has 4 unspecified atom stereocenters. The molecule has 31 heavy (non-hydrogen) atoms. The highest BCUT2D eigenvalue weighted by molar-refractivity contribution is 5.33. The molecule has 4 aliphatic rings. The van der Waals surface area contributed by atoms with Crippen LogP contribution in [-0.4, -0.2) is 18.3 Å². The summed E-state index contributed by atoms with van der Waals surface area (Å²) in [5.74, 6) is 0. The third-order valence-electron chi connectivity index (χ3n) is 9.03. The average Bonchev–Trinajstić information content (AvgIpc) is 3.20. The molecule has 0 N–H and O–H groups in total. The Balaban J connectivity index is 1.56. The van der Waals surface area contributed by atoms with Gasteiger partial charge in [0.25, 0.3) is 0 Å². The van der Waals surface area contributed by atoms with Crippen molar-refractivity contribution in [3.63, 3.8) is 0 Å². The van der Waals surface area contributed by atoms with Crippen molar-refractivity contribution in [1.29, 1.82) is 0 Å². The molecular weight excluding hydrogens is 380 g/mol. The zero-order chi connectivity index (χ0) is 21.6. The van der Waals surface area contributed by atoms with Crippen LogP contribution in [0.25, 0.3) is 0 Å². The molecule has 0 radical (unpaired) electrons. The van der Waals surface area contributed by atoms with Crippen LogP contribution in [0.15, 0.2) is 24.3 Å². The highest BCUT2D eigenvalue weighted by Gasteiger charge is 2.50. The monoisotopic (exact) mass is 426 g/mol. The molecule has 2 aliphatic carbocycles. The number of ether oxygens (including phenoxy) is 2. The lowest BCUT2D eigenvalue weighted by Crippen LogP contribution is -2.53. The molecule has 1 aromatic carbocycles. The molecule has 1 aromatic rings. The van der Waals surface area contributed by atoms with Gasteiger partial charge in [-0.15, -0.1) is 0 Å². The molecule has 2 heterocycles. The highest BCUT2D eigenvalue weighted by Crippen LogP contribution is 2.52. The van der Waals surface area contributed by atoms with Gasteiger partial charge in [-0.3, -0.25) is 0 Å². The molecule has 2 heteroatoms. The van der Waals surface area contributed by atoms with Gasteiger partial charge in [-0.25, -0.2) is 0 Å². The molecule has 2 bridgehead atoms. The summed E-state index contributed by atoms with van der Waals surface area (Å²) in [6, 6.07) is 8.95. The fourth-order valence-electron chi connectivity index (χ4n) is 6.68. The zero-order valence-corrected chi connectivity index (χ0v) is 20.3. The van der Waals surface area contributed by atoms with E-state index in [0.717, 1.165) is 25.9 Å². The van der Waals surface area contributed by atoms with E-state index in [2.05, 4.69) is 38.1 Å². The number of hydrogen-bond acceptors (Lipinski definition) is 2. The lowest BCUT2D eigenvalue weighted by molar-refractivity contribution is -0.205. The number of aryl methyl sites for hydroxylation is 1. The minimum Gasteiger partial charge on any atom is -0.372 e. The third kappa shape index (κ3) is 5.38. The molecule has 2 aliphatic heterocycles. The SMILES string of the molecule is CCC12CCCCCCCCCCOC(CC)(CC1)C(OC1CCc3ccccc31)C2. The molecule has 2 saturated heterocycles. The Morgan fingerprint density at radius 2 is 1.61 bits per heavy atom. The fourth-order valence-corrected chi connectivity index (χ4v) is 6.68. The summed E-state index contributed by atoms with van der Waals surface area (Å²) < 4.78 is 13.9. The van der Waals surface area contributed by atoms with Crippen molar-refractivity contribution >= 4 is 0 Å². The topological polar surface area (TPSA) is 18.5 Å². The first-order valence-corrected chi connectivity index (χ1v) is 13.6. The maximum Gasteiger partial charge on any atom is 0.0940 e. The van der Waals surface area contributed by atoms with Crippen LogP contribution in [-0.2, 0) is 15.9 Å².